The molecule has 0 amide bonds. The van der Waals surface area contributed by atoms with Gasteiger partial charge in [0.1, 0.15) is 0 Å². The molecular formula is C20H19NOS. The van der Waals surface area contributed by atoms with Gasteiger partial charge in [-0.3, -0.25) is 4.79 Å². The van der Waals surface area contributed by atoms with Crippen LogP contribution in [0, 0.1) is 13.8 Å². The number of rotatable bonds is 5. The molecule has 0 aliphatic rings. The topological polar surface area (TPSA) is 22.0 Å². The first-order valence-electron chi connectivity index (χ1n) is 7.62. The zero-order valence-electron chi connectivity index (χ0n) is 13.3. The summed E-state index contributed by atoms with van der Waals surface area (Å²) in [6.45, 7) is 4.06. The summed E-state index contributed by atoms with van der Waals surface area (Å²) in [7, 11) is 0. The highest BCUT2D eigenvalue weighted by molar-refractivity contribution is 8.00. The lowest BCUT2D eigenvalue weighted by Crippen LogP contribution is -2.05. The fourth-order valence-corrected chi connectivity index (χ4v) is 3.57. The van der Waals surface area contributed by atoms with Crippen LogP contribution in [0.2, 0.25) is 0 Å². The average molecular weight is 321 g/mol. The van der Waals surface area contributed by atoms with Crippen LogP contribution in [-0.2, 0) is 0 Å². The quantitative estimate of drug-likeness (QED) is 0.483. The molecule has 0 saturated heterocycles. The number of thioether (sulfide) groups is 1. The van der Waals surface area contributed by atoms with Crippen LogP contribution in [0.4, 0.5) is 0 Å². The molecule has 3 aromatic rings. The monoisotopic (exact) mass is 321 g/mol. The van der Waals surface area contributed by atoms with E-state index in [0.29, 0.717) is 5.75 Å². The van der Waals surface area contributed by atoms with Crippen molar-refractivity contribution in [1.82, 2.24) is 4.57 Å². The lowest BCUT2D eigenvalue weighted by atomic mass is 10.2. The second kappa shape index (κ2) is 6.88. The first kappa shape index (κ1) is 15.6. The molecule has 0 spiro atoms. The Morgan fingerprint density at radius 2 is 1.57 bits per heavy atom. The van der Waals surface area contributed by atoms with Crippen LogP contribution < -0.4 is 0 Å². The van der Waals surface area contributed by atoms with E-state index < -0.39 is 0 Å². The molecule has 1 aromatic heterocycles. The molecule has 2 aromatic carbocycles. The van der Waals surface area contributed by atoms with E-state index in [2.05, 4.69) is 16.7 Å². The second-order valence-electron chi connectivity index (χ2n) is 5.48. The van der Waals surface area contributed by atoms with Crippen LogP contribution in [0.15, 0.2) is 71.6 Å². The van der Waals surface area contributed by atoms with Crippen molar-refractivity contribution < 1.29 is 4.79 Å². The van der Waals surface area contributed by atoms with Gasteiger partial charge in [0, 0.05) is 27.5 Å². The zero-order valence-corrected chi connectivity index (χ0v) is 14.1. The minimum atomic E-state index is 0.175. The van der Waals surface area contributed by atoms with E-state index in [9.17, 15) is 4.79 Å². The minimum absolute atomic E-state index is 0.175. The number of nitrogens with zero attached hydrogens (tertiary/aromatic N) is 1. The third kappa shape index (κ3) is 3.40. The van der Waals surface area contributed by atoms with Gasteiger partial charge in [-0.05, 0) is 44.2 Å². The lowest BCUT2D eigenvalue weighted by Gasteiger charge is -2.09. The number of benzene rings is 2. The minimum Gasteiger partial charge on any atom is -0.318 e. The Morgan fingerprint density at radius 1 is 0.957 bits per heavy atom. The molecular weight excluding hydrogens is 302 g/mol. The number of ketones is 1. The molecule has 0 radical (unpaired) electrons. The van der Waals surface area contributed by atoms with E-state index in [0.717, 1.165) is 27.5 Å². The van der Waals surface area contributed by atoms with Crippen molar-refractivity contribution in [2.24, 2.45) is 0 Å². The summed E-state index contributed by atoms with van der Waals surface area (Å²) in [5.74, 6) is 0.637. The number of carbonyl (C=O) groups excluding carboxylic acids is 1. The Kier molecular flexibility index (Phi) is 4.68. The largest absolute Gasteiger partial charge is 0.318 e. The van der Waals surface area contributed by atoms with E-state index in [1.54, 1.807) is 11.8 Å². The molecule has 116 valence electrons. The molecule has 2 nitrogen and oxygen atoms in total. The molecule has 3 rings (SSSR count). The highest BCUT2D eigenvalue weighted by Crippen LogP contribution is 2.24. The number of carbonyl (C=O) groups is 1. The maximum absolute atomic E-state index is 12.6. The van der Waals surface area contributed by atoms with Gasteiger partial charge in [0.15, 0.2) is 5.78 Å². The van der Waals surface area contributed by atoms with E-state index in [4.69, 9.17) is 0 Å². The Bertz CT molecular complexity index is 806. The number of aryl methyl sites for hydroxylation is 1. The smallest absolute Gasteiger partial charge is 0.174 e. The molecule has 3 heteroatoms. The lowest BCUT2D eigenvalue weighted by molar-refractivity contribution is 0.102. The van der Waals surface area contributed by atoms with Crippen molar-refractivity contribution in [1.29, 1.82) is 0 Å². The summed E-state index contributed by atoms with van der Waals surface area (Å²) in [5.41, 5.74) is 4.00. The third-order valence-corrected chi connectivity index (χ3v) is 4.87. The Hall–Kier alpha value is -2.26. The van der Waals surface area contributed by atoms with Crippen LogP contribution in [0.1, 0.15) is 21.7 Å². The molecule has 0 fully saturated rings. The third-order valence-electron chi connectivity index (χ3n) is 3.86. The summed E-state index contributed by atoms with van der Waals surface area (Å²) in [5, 5.41) is 0. The number of Topliss-reactive ketones (excluding diaryl/α,β-unsaturated/α-hetero) is 1. The Labute approximate surface area is 141 Å². The van der Waals surface area contributed by atoms with Gasteiger partial charge >= 0.3 is 0 Å². The van der Waals surface area contributed by atoms with Crippen LogP contribution in [-0.4, -0.2) is 16.1 Å². The average Bonchev–Trinajstić information content (AvgIpc) is 2.89. The summed E-state index contributed by atoms with van der Waals surface area (Å²) in [4.78, 5) is 13.7. The van der Waals surface area contributed by atoms with Gasteiger partial charge in [0.2, 0.25) is 0 Å². The Morgan fingerprint density at radius 3 is 2.22 bits per heavy atom. The fraction of sp³-hybridized carbons (Fsp3) is 0.150. The van der Waals surface area contributed by atoms with Crippen LogP contribution in [0.25, 0.3) is 5.69 Å². The van der Waals surface area contributed by atoms with E-state index >= 15 is 0 Å². The van der Waals surface area contributed by atoms with Crippen molar-refractivity contribution in [3.05, 3.63) is 83.7 Å². The fourth-order valence-electron chi connectivity index (χ4n) is 2.76. The summed E-state index contributed by atoms with van der Waals surface area (Å²) in [6, 6.07) is 22.2. The van der Waals surface area contributed by atoms with Gasteiger partial charge in [-0.2, -0.15) is 0 Å². The highest BCUT2D eigenvalue weighted by Gasteiger charge is 2.16. The summed E-state index contributed by atoms with van der Waals surface area (Å²) in [6.07, 6.45) is 0. The maximum Gasteiger partial charge on any atom is 0.174 e. The molecule has 0 atom stereocenters. The van der Waals surface area contributed by atoms with E-state index in [-0.39, 0.29) is 5.78 Å². The molecule has 0 N–H and O–H groups in total. The van der Waals surface area contributed by atoms with E-state index in [1.807, 2.05) is 68.4 Å². The first-order chi connectivity index (χ1) is 11.2. The molecule has 0 saturated carbocycles. The standard InChI is InChI=1S/C20H19NOS/c1-15-13-19(16(2)21(15)17-9-5-3-6-10-17)20(22)14-23-18-11-7-4-8-12-18/h3-13H,14H2,1-2H3. The number of hydrogen-bond acceptors (Lipinski definition) is 2. The molecule has 0 aliphatic carbocycles. The van der Waals surface area contributed by atoms with Gasteiger partial charge in [-0.1, -0.05) is 36.4 Å². The number of para-hydroxylation sites is 1. The normalized spacial score (nSPS) is 10.7. The SMILES string of the molecule is Cc1cc(C(=O)CSc2ccccc2)c(C)n1-c1ccccc1. The van der Waals surface area contributed by atoms with Gasteiger partial charge in [-0.15, -0.1) is 11.8 Å². The molecule has 23 heavy (non-hydrogen) atoms. The molecule has 0 unspecified atom stereocenters. The first-order valence-corrected chi connectivity index (χ1v) is 8.61. The number of aromatic nitrogens is 1. The van der Waals surface area contributed by atoms with Gasteiger partial charge in [-0.25, -0.2) is 0 Å². The van der Waals surface area contributed by atoms with Crippen molar-refractivity contribution in [2.45, 2.75) is 18.7 Å². The van der Waals surface area contributed by atoms with Crippen molar-refractivity contribution >= 4 is 17.5 Å². The highest BCUT2D eigenvalue weighted by atomic mass is 32.2. The van der Waals surface area contributed by atoms with Crippen LogP contribution >= 0.6 is 11.8 Å². The maximum atomic E-state index is 12.6. The predicted octanol–water partition coefficient (Wildman–Crippen LogP) is 5.07. The van der Waals surface area contributed by atoms with Gasteiger partial charge < -0.3 is 4.57 Å². The van der Waals surface area contributed by atoms with E-state index in [1.165, 1.54) is 0 Å². The predicted molar refractivity (Wildman–Crippen MR) is 96.7 cm³/mol. The Balaban J connectivity index is 1.82. The molecule has 1 heterocycles. The van der Waals surface area contributed by atoms with Crippen LogP contribution in [0.3, 0.4) is 0 Å². The summed E-state index contributed by atoms with van der Waals surface area (Å²) < 4.78 is 2.14. The zero-order chi connectivity index (χ0) is 16.2. The number of hydrogen-bond donors (Lipinski definition) is 0. The van der Waals surface area contributed by atoms with Crippen molar-refractivity contribution in [3.63, 3.8) is 0 Å². The second-order valence-corrected chi connectivity index (χ2v) is 6.53. The molecule has 0 aliphatic heterocycles. The summed E-state index contributed by atoms with van der Waals surface area (Å²) >= 11 is 1.58. The van der Waals surface area contributed by atoms with Crippen LogP contribution in [0.5, 0.6) is 0 Å². The van der Waals surface area contributed by atoms with Crippen molar-refractivity contribution in [3.8, 4) is 5.69 Å². The van der Waals surface area contributed by atoms with Crippen molar-refractivity contribution in [2.75, 3.05) is 5.75 Å². The van der Waals surface area contributed by atoms with Gasteiger partial charge in [0.05, 0.1) is 5.75 Å². The van der Waals surface area contributed by atoms with Gasteiger partial charge in [0.25, 0.3) is 0 Å². The molecule has 0 bridgehead atoms.